The molecular formula is C20H14O7. The highest BCUT2D eigenvalue weighted by atomic mass is 16.7. The summed E-state index contributed by atoms with van der Waals surface area (Å²) in [5.41, 5.74) is 0.849. The van der Waals surface area contributed by atoms with Crippen molar-refractivity contribution in [3.8, 4) is 23.0 Å². The van der Waals surface area contributed by atoms with Gasteiger partial charge in [0.25, 0.3) is 0 Å². The zero-order chi connectivity index (χ0) is 18.5. The number of hydrogen-bond donors (Lipinski definition) is 0. The number of carbonyl (C=O) groups is 1. The molecule has 3 aromatic rings. The Morgan fingerprint density at radius 2 is 1.93 bits per heavy atom. The molecule has 2 aliphatic rings. The standard InChI is InChI=1S/C20H14O7/c1-23-14-6-10(7-15-19(14)25-9-24-15)12-8-16(21)27-18-11-4-2-3-5-13(11)26-20(22)17(12)18/h2-7,12H,8-9H2,1H3/t12-/m0/s1. The minimum absolute atomic E-state index is 0.0128. The average molecular weight is 366 g/mol. The first kappa shape index (κ1) is 15.7. The molecule has 0 bridgehead atoms. The number of carbonyl (C=O) groups excluding carboxylic acids is 1. The zero-order valence-corrected chi connectivity index (χ0v) is 14.3. The Kier molecular flexibility index (Phi) is 3.36. The lowest BCUT2D eigenvalue weighted by molar-refractivity contribution is -0.135. The summed E-state index contributed by atoms with van der Waals surface area (Å²) in [5.74, 6) is 0.788. The van der Waals surface area contributed by atoms with E-state index in [1.807, 2.05) is 0 Å². The van der Waals surface area contributed by atoms with E-state index in [2.05, 4.69) is 0 Å². The molecule has 1 atom stereocenters. The second-order valence-corrected chi connectivity index (χ2v) is 6.32. The van der Waals surface area contributed by atoms with Crippen molar-refractivity contribution in [1.82, 2.24) is 0 Å². The molecule has 0 radical (unpaired) electrons. The minimum atomic E-state index is -0.537. The lowest BCUT2D eigenvalue weighted by Gasteiger charge is -2.24. The van der Waals surface area contributed by atoms with Gasteiger partial charge in [0, 0.05) is 5.92 Å². The molecule has 7 heteroatoms. The first-order chi connectivity index (χ1) is 13.2. The minimum Gasteiger partial charge on any atom is -0.493 e. The maximum absolute atomic E-state index is 12.7. The van der Waals surface area contributed by atoms with Crippen molar-refractivity contribution < 1.29 is 28.2 Å². The molecule has 2 aromatic carbocycles. The van der Waals surface area contributed by atoms with Crippen molar-refractivity contribution in [1.29, 1.82) is 0 Å². The third kappa shape index (κ3) is 2.35. The fraction of sp³-hybridized carbons (Fsp3) is 0.200. The highest BCUT2D eigenvalue weighted by Crippen LogP contribution is 2.47. The van der Waals surface area contributed by atoms with Crippen molar-refractivity contribution in [2.75, 3.05) is 13.9 Å². The van der Waals surface area contributed by atoms with Gasteiger partial charge in [0.15, 0.2) is 17.2 Å². The maximum atomic E-state index is 12.7. The van der Waals surface area contributed by atoms with E-state index in [4.69, 9.17) is 23.4 Å². The van der Waals surface area contributed by atoms with Crippen molar-refractivity contribution in [3.63, 3.8) is 0 Å². The monoisotopic (exact) mass is 366 g/mol. The Hall–Kier alpha value is -3.48. The predicted octanol–water partition coefficient (Wildman–Crippen LogP) is 2.97. The van der Waals surface area contributed by atoms with Crippen LogP contribution in [0.2, 0.25) is 0 Å². The second-order valence-electron chi connectivity index (χ2n) is 6.32. The van der Waals surface area contributed by atoms with Crippen molar-refractivity contribution in [2.24, 2.45) is 0 Å². The van der Waals surface area contributed by atoms with E-state index >= 15 is 0 Å². The number of fused-ring (bicyclic) bond motifs is 4. The average Bonchev–Trinajstić information content (AvgIpc) is 3.15. The summed E-state index contributed by atoms with van der Waals surface area (Å²) in [4.78, 5) is 25.0. The van der Waals surface area contributed by atoms with Crippen LogP contribution in [-0.4, -0.2) is 19.9 Å². The van der Waals surface area contributed by atoms with Crippen LogP contribution >= 0.6 is 0 Å². The Bertz CT molecular complexity index is 1150. The largest absolute Gasteiger partial charge is 0.493 e. The molecule has 1 aromatic heterocycles. The summed E-state index contributed by atoms with van der Waals surface area (Å²) in [6.07, 6.45) is 0.0128. The Morgan fingerprint density at radius 3 is 2.78 bits per heavy atom. The van der Waals surface area contributed by atoms with E-state index in [1.54, 1.807) is 36.4 Å². The van der Waals surface area contributed by atoms with Gasteiger partial charge in [-0.3, -0.25) is 4.79 Å². The second kappa shape index (κ2) is 5.77. The number of ether oxygens (including phenoxy) is 4. The molecule has 0 unspecified atom stereocenters. The van der Waals surface area contributed by atoms with Crippen LogP contribution in [0.3, 0.4) is 0 Å². The number of methoxy groups -OCH3 is 1. The lowest BCUT2D eigenvalue weighted by Crippen LogP contribution is -2.26. The molecule has 0 saturated carbocycles. The van der Waals surface area contributed by atoms with Gasteiger partial charge in [0.05, 0.1) is 24.5 Å². The van der Waals surface area contributed by atoms with Gasteiger partial charge in [-0.05, 0) is 29.8 Å². The van der Waals surface area contributed by atoms with Gasteiger partial charge in [-0.15, -0.1) is 0 Å². The normalized spacial score (nSPS) is 17.5. The molecule has 3 heterocycles. The summed E-state index contributed by atoms with van der Waals surface area (Å²) in [5, 5.41) is 0.581. The van der Waals surface area contributed by atoms with E-state index in [0.29, 0.717) is 39.3 Å². The molecule has 0 aliphatic carbocycles. The van der Waals surface area contributed by atoms with Crippen molar-refractivity contribution >= 4 is 16.9 Å². The van der Waals surface area contributed by atoms with Crippen LogP contribution in [0.1, 0.15) is 23.5 Å². The van der Waals surface area contributed by atoms with E-state index < -0.39 is 17.5 Å². The third-order valence-electron chi connectivity index (χ3n) is 4.82. The highest BCUT2D eigenvalue weighted by molar-refractivity contribution is 5.90. The molecule has 27 heavy (non-hydrogen) atoms. The summed E-state index contributed by atoms with van der Waals surface area (Å²) >= 11 is 0. The molecular weight excluding hydrogens is 352 g/mol. The van der Waals surface area contributed by atoms with Crippen LogP contribution in [0.15, 0.2) is 45.6 Å². The van der Waals surface area contributed by atoms with Gasteiger partial charge in [-0.2, -0.15) is 0 Å². The van der Waals surface area contributed by atoms with E-state index in [9.17, 15) is 9.59 Å². The Morgan fingerprint density at radius 1 is 1.07 bits per heavy atom. The number of rotatable bonds is 2. The van der Waals surface area contributed by atoms with Crippen molar-refractivity contribution in [2.45, 2.75) is 12.3 Å². The molecule has 2 aliphatic heterocycles. The highest BCUT2D eigenvalue weighted by Gasteiger charge is 2.35. The lowest BCUT2D eigenvalue weighted by atomic mass is 9.86. The zero-order valence-electron chi connectivity index (χ0n) is 14.3. The smallest absolute Gasteiger partial charge is 0.343 e. The van der Waals surface area contributed by atoms with Crippen LogP contribution in [0.25, 0.3) is 11.0 Å². The Labute approximate surface area is 153 Å². The molecule has 7 nitrogen and oxygen atoms in total. The fourth-order valence-electron chi connectivity index (χ4n) is 3.61. The summed E-state index contributed by atoms with van der Waals surface area (Å²) < 4.78 is 27.2. The quantitative estimate of drug-likeness (QED) is 0.509. The first-order valence-electron chi connectivity index (χ1n) is 8.39. The van der Waals surface area contributed by atoms with Crippen LogP contribution in [0.4, 0.5) is 0 Å². The fourth-order valence-corrected chi connectivity index (χ4v) is 3.61. The van der Waals surface area contributed by atoms with E-state index in [1.165, 1.54) is 7.11 Å². The first-order valence-corrected chi connectivity index (χ1v) is 8.39. The van der Waals surface area contributed by atoms with Crippen molar-refractivity contribution in [3.05, 3.63) is 57.9 Å². The number of para-hydroxylation sites is 1. The predicted molar refractivity (Wildman–Crippen MR) is 93.7 cm³/mol. The number of benzene rings is 2. The van der Waals surface area contributed by atoms with Gasteiger partial charge in [0.1, 0.15) is 5.58 Å². The number of hydrogen-bond acceptors (Lipinski definition) is 7. The van der Waals surface area contributed by atoms with Crippen LogP contribution < -0.4 is 24.6 Å². The van der Waals surface area contributed by atoms with E-state index in [0.717, 1.165) is 0 Å². The maximum Gasteiger partial charge on any atom is 0.343 e. The van der Waals surface area contributed by atoms with Crippen LogP contribution in [-0.2, 0) is 4.79 Å². The van der Waals surface area contributed by atoms with Gasteiger partial charge >= 0.3 is 11.6 Å². The summed E-state index contributed by atoms with van der Waals surface area (Å²) in [6.45, 7) is 0.0885. The summed E-state index contributed by atoms with van der Waals surface area (Å²) in [6, 6.07) is 10.5. The van der Waals surface area contributed by atoms with Gasteiger partial charge < -0.3 is 23.4 Å². The SMILES string of the molecule is COc1cc([C@@H]2CC(=O)Oc3c2c(=O)oc2ccccc32)cc2c1OCO2. The van der Waals surface area contributed by atoms with Gasteiger partial charge in [0.2, 0.25) is 12.5 Å². The Balaban J connectivity index is 1.76. The number of esters is 1. The molecule has 136 valence electrons. The van der Waals surface area contributed by atoms with Gasteiger partial charge in [-0.1, -0.05) is 12.1 Å². The van der Waals surface area contributed by atoms with Gasteiger partial charge in [-0.25, -0.2) is 4.79 Å². The van der Waals surface area contributed by atoms with Crippen LogP contribution in [0.5, 0.6) is 23.0 Å². The van der Waals surface area contributed by atoms with Crippen LogP contribution in [0, 0.1) is 0 Å². The molecule has 0 amide bonds. The molecule has 0 fully saturated rings. The summed E-state index contributed by atoms with van der Waals surface area (Å²) in [7, 11) is 1.52. The topological polar surface area (TPSA) is 84.2 Å². The molecule has 0 spiro atoms. The third-order valence-corrected chi connectivity index (χ3v) is 4.82. The van der Waals surface area contributed by atoms with E-state index in [-0.39, 0.29) is 19.0 Å². The molecule has 5 rings (SSSR count). The molecule has 0 saturated heterocycles. The molecule has 0 N–H and O–H groups in total.